The number of esters is 1. The fraction of sp³-hybridized carbons (Fsp3) is 0.417. The molecule has 1 fully saturated rings. The Labute approximate surface area is 103 Å². The Kier molecular flexibility index (Phi) is 3.35. The predicted molar refractivity (Wildman–Crippen MR) is 60.5 cm³/mol. The first-order valence-corrected chi connectivity index (χ1v) is 5.55. The summed E-state index contributed by atoms with van der Waals surface area (Å²) in [6, 6.07) is 4.48. The molecule has 1 saturated heterocycles. The van der Waals surface area contributed by atoms with Crippen LogP contribution < -0.4 is 0 Å². The van der Waals surface area contributed by atoms with Crippen LogP contribution in [0.15, 0.2) is 18.2 Å². The van der Waals surface area contributed by atoms with Crippen LogP contribution in [0, 0.1) is 5.82 Å². The maximum absolute atomic E-state index is 13.1. The molecular weight excluding hydrogens is 247 g/mol. The van der Waals surface area contributed by atoms with E-state index in [0.717, 1.165) is 5.56 Å². The molecule has 0 N–H and O–H groups in total. The predicted octanol–water partition coefficient (Wildman–Crippen LogP) is 2.31. The van der Waals surface area contributed by atoms with E-state index in [4.69, 9.17) is 16.3 Å². The van der Waals surface area contributed by atoms with Crippen molar-refractivity contribution in [2.75, 3.05) is 20.3 Å². The molecule has 1 aromatic carbocycles. The average molecular weight is 259 g/mol. The van der Waals surface area contributed by atoms with Crippen molar-refractivity contribution in [2.45, 2.75) is 11.8 Å². The standard InChI is InChI=1S/C12H12ClFO3/c1-16-11(15)5-12(6-17-7-12)8-2-3-10(14)9(13)4-8/h2-4H,5-7H2,1H3. The van der Waals surface area contributed by atoms with Crippen LogP contribution in [-0.4, -0.2) is 26.3 Å². The summed E-state index contributed by atoms with van der Waals surface area (Å²) >= 11 is 5.74. The Morgan fingerprint density at radius 2 is 2.29 bits per heavy atom. The highest BCUT2D eigenvalue weighted by molar-refractivity contribution is 6.30. The van der Waals surface area contributed by atoms with E-state index in [-0.39, 0.29) is 17.4 Å². The largest absolute Gasteiger partial charge is 0.469 e. The van der Waals surface area contributed by atoms with Crippen molar-refractivity contribution in [3.05, 3.63) is 34.6 Å². The highest BCUT2D eigenvalue weighted by Crippen LogP contribution is 2.37. The minimum Gasteiger partial charge on any atom is -0.469 e. The molecule has 0 bridgehead atoms. The second kappa shape index (κ2) is 4.63. The maximum Gasteiger partial charge on any atom is 0.306 e. The van der Waals surface area contributed by atoms with E-state index in [1.807, 2.05) is 0 Å². The summed E-state index contributed by atoms with van der Waals surface area (Å²) in [7, 11) is 1.34. The van der Waals surface area contributed by atoms with Crippen molar-refractivity contribution in [1.29, 1.82) is 0 Å². The van der Waals surface area contributed by atoms with Crippen LogP contribution >= 0.6 is 11.6 Å². The molecule has 0 unspecified atom stereocenters. The minimum atomic E-state index is -0.469. The first-order valence-electron chi connectivity index (χ1n) is 5.17. The van der Waals surface area contributed by atoms with Crippen LogP contribution in [0.5, 0.6) is 0 Å². The third kappa shape index (κ3) is 2.28. The fourth-order valence-electron chi connectivity index (χ4n) is 1.89. The van der Waals surface area contributed by atoms with Gasteiger partial charge in [-0.1, -0.05) is 17.7 Å². The van der Waals surface area contributed by atoms with Crippen molar-refractivity contribution in [2.24, 2.45) is 0 Å². The zero-order valence-electron chi connectivity index (χ0n) is 9.33. The zero-order chi connectivity index (χ0) is 12.5. The summed E-state index contributed by atoms with van der Waals surface area (Å²) in [4.78, 5) is 11.4. The molecule has 1 heterocycles. The van der Waals surface area contributed by atoms with E-state index in [9.17, 15) is 9.18 Å². The van der Waals surface area contributed by atoms with Gasteiger partial charge in [0.15, 0.2) is 0 Å². The number of hydrogen-bond donors (Lipinski definition) is 0. The number of methoxy groups -OCH3 is 1. The Morgan fingerprint density at radius 3 is 2.76 bits per heavy atom. The van der Waals surface area contributed by atoms with Crippen molar-refractivity contribution >= 4 is 17.6 Å². The molecule has 0 atom stereocenters. The first-order chi connectivity index (χ1) is 8.07. The lowest BCUT2D eigenvalue weighted by Crippen LogP contribution is -2.48. The molecular formula is C12H12ClFO3. The van der Waals surface area contributed by atoms with Gasteiger partial charge in [-0.2, -0.15) is 0 Å². The number of halogens is 2. The highest BCUT2D eigenvalue weighted by Gasteiger charge is 2.42. The Bertz CT molecular complexity index is 443. The Morgan fingerprint density at radius 1 is 1.59 bits per heavy atom. The van der Waals surface area contributed by atoms with Crippen LogP contribution in [0.25, 0.3) is 0 Å². The summed E-state index contributed by atoms with van der Waals surface area (Å²) in [5.74, 6) is -0.780. The van der Waals surface area contributed by atoms with Crippen LogP contribution in [0.4, 0.5) is 4.39 Å². The molecule has 0 amide bonds. The van der Waals surface area contributed by atoms with E-state index in [1.165, 1.54) is 13.2 Å². The topological polar surface area (TPSA) is 35.5 Å². The minimum absolute atomic E-state index is 0.0543. The monoisotopic (exact) mass is 258 g/mol. The van der Waals surface area contributed by atoms with Gasteiger partial charge in [-0.05, 0) is 17.7 Å². The van der Waals surface area contributed by atoms with Crippen LogP contribution in [0.3, 0.4) is 0 Å². The molecule has 17 heavy (non-hydrogen) atoms. The summed E-state index contributed by atoms with van der Waals surface area (Å²) in [6.07, 6.45) is 0.214. The van der Waals surface area contributed by atoms with Gasteiger partial charge < -0.3 is 9.47 Å². The van der Waals surface area contributed by atoms with Gasteiger partial charge in [-0.25, -0.2) is 4.39 Å². The third-order valence-electron chi connectivity index (χ3n) is 3.00. The third-order valence-corrected chi connectivity index (χ3v) is 3.29. The van der Waals surface area contributed by atoms with Gasteiger partial charge in [-0.3, -0.25) is 4.79 Å². The molecule has 92 valence electrons. The van der Waals surface area contributed by atoms with Gasteiger partial charge in [0.25, 0.3) is 0 Å². The quantitative estimate of drug-likeness (QED) is 0.781. The number of carbonyl (C=O) groups excluding carboxylic acids is 1. The molecule has 0 spiro atoms. The number of ether oxygens (including phenoxy) is 2. The zero-order valence-corrected chi connectivity index (χ0v) is 10.1. The van der Waals surface area contributed by atoms with E-state index < -0.39 is 11.2 Å². The normalized spacial score (nSPS) is 17.4. The summed E-state index contributed by atoms with van der Waals surface area (Å²) in [5.41, 5.74) is 0.380. The smallest absolute Gasteiger partial charge is 0.306 e. The highest BCUT2D eigenvalue weighted by atomic mass is 35.5. The average Bonchev–Trinajstić information content (AvgIpc) is 2.27. The molecule has 3 nitrogen and oxygen atoms in total. The maximum atomic E-state index is 13.1. The molecule has 0 aromatic heterocycles. The summed E-state index contributed by atoms with van der Waals surface area (Å²) in [6.45, 7) is 0.841. The van der Waals surface area contributed by atoms with E-state index >= 15 is 0 Å². The molecule has 2 rings (SSSR count). The molecule has 1 aliphatic rings. The van der Waals surface area contributed by atoms with Gasteiger partial charge in [0, 0.05) is 0 Å². The van der Waals surface area contributed by atoms with Crippen molar-refractivity contribution < 1.29 is 18.7 Å². The van der Waals surface area contributed by atoms with Gasteiger partial charge in [0.2, 0.25) is 0 Å². The van der Waals surface area contributed by atoms with Gasteiger partial charge in [0.05, 0.1) is 37.2 Å². The molecule has 1 aliphatic heterocycles. The lowest BCUT2D eigenvalue weighted by molar-refractivity contribution is -0.148. The Balaban J connectivity index is 2.28. The molecule has 5 heteroatoms. The van der Waals surface area contributed by atoms with Crippen LogP contribution in [-0.2, 0) is 19.7 Å². The second-order valence-corrected chi connectivity index (χ2v) is 4.56. The van der Waals surface area contributed by atoms with Crippen molar-refractivity contribution in [1.82, 2.24) is 0 Å². The Hall–Kier alpha value is -1.13. The van der Waals surface area contributed by atoms with E-state index in [1.54, 1.807) is 12.1 Å². The molecule has 0 aliphatic carbocycles. The molecule has 0 radical (unpaired) electrons. The van der Waals surface area contributed by atoms with Crippen LogP contribution in [0.2, 0.25) is 5.02 Å². The van der Waals surface area contributed by atoms with Gasteiger partial charge in [0.1, 0.15) is 5.82 Å². The van der Waals surface area contributed by atoms with Crippen molar-refractivity contribution in [3.8, 4) is 0 Å². The number of carbonyl (C=O) groups is 1. The lowest BCUT2D eigenvalue weighted by atomic mass is 9.76. The SMILES string of the molecule is COC(=O)CC1(c2ccc(F)c(Cl)c2)COC1. The van der Waals surface area contributed by atoms with Crippen LogP contribution in [0.1, 0.15) is 12.0 Å². The number of hydrogen-bond acceptors (Lipinski definition) is 3. The van der Waals surface area contributed by atoms with E-state index in [0.29, 0.717) is 13.2 Å². The van der Waals surface area contributed by atoms with Crippen molar-refractivity contribution in [3.63, 3.8) is 0 Å². The molecule has 0 saturated carbocycles. The first kappa shape index (κ1) is 12.3. The fourth-order valence-corrected chi connectivity index (χ4v) is 2.07. The lowest BCUT2D eigenvalue weighted by Gasteiger charge is -2.41. The van der Waals surface area contributed by atoms with Gasteiger partial charge >= 0.3 is 5.97 Å². The number of rotatable bonds is 3. The van der Waals surface area contributed by atoms with E-state index in [2.05, 4.69) is 4.74 Å². The number of benzene rings is 1. The second-order valence-electron chi connectivity index (χ2n) is 4.15. The summed E-state index contributed by atoms with van der Waals surface area (Å²) < 4.78 is 22.9. The summed E-state index contributed by atoms with van der Waals surface area (Å²) in [5, 5.41) is 0.0543. The van der Waals surface area contributed by atoms with Gasteiger partial charge in [-0.15, -0.1) is 0 Å². The molecule has 1 aromatic rings.